The molecule has 5 rings (SSSR count). The second-order valence-electron chi connectivity index (χ2n) is 7.32. The number of rotatable bonds is 4. The minimum absolute atomic E-state index is 0.131. The van der Waals surface area contributed by atoms with Gasteiger partial charge in [0.2, 0.25) is 0 Å². The lowest BCUT2D eigenvalue weighted by atomic mass is 10.1. The number of nitrogens with zero attached hydrogens (tertiary/aromatic N) is 4. The third kappa shape index (κ3) is 3.59. The van der Waals surface area contributed by atoms with Crippen LogP contribution in [0.2, 0.25) is 0 Å². The van der Waals surface area contributed by atoms with Gasteiger partial charge in [-0.15, -0.1) is 0 Å². The number of hydrogen-bond donors (Lipinski definition) is 1. The molecule has 0 spiro atoms. The summed E-state index contributed by atoms with van der Waals surface area (Å²) in [6, 6.07) is 14.0. The van der Waals surface area contributed by atoms with Gasteiger partial charge in [-0.3, -0.25) is 0 Å². The maximum absolute atomic E-state index is 9.99. The van der Waals surface area contributed by atoms with Crippen LogP contribution in [0, 0.1) is 10.7 Å². The Morgan fingerprint density at radius 2 is 1.97 bits per heavy atom. The first-order valence-corrected chi connectivity index (χ1v) is 10.9. The number of fused-ring (bicyclic) bond motifs is 1. The largest absolute Gasteiger partial charge is 0.446 e. The summed E-state index contributed by atoms with van der Waals surface area (Å²) in [5.74, 6) is 0.657. The molecule has 0 amide bonds. The zero-order chi connectivity index (χ0) is 20.7. The molecule has 154 valence electrons. The van der Waals surface area contributed by atoms with Crippen molar-refractivity contribution in [2.75, 3.05) is 31.2 Å². The van der Waals surface area contributed by atoms with Gasteiger partial charge in [0.05, 0.1) is 36.9 Å². The highest BCUT2D eigenvalue weighted by atomic mass is 127. The molecule has 0 aliphatic carbocycles. The molecule has 8 heteroatoms. The number of anilines is 1. The highest BCUT2D eigenvalue weighted by molar-refractivity contribution is 14.1. The highest BCUT2D eigenvalue weighted by Gasteiger charge is 2.21. The van der Waals surface area contributed by atoms with Crippen LogP contribution >= 0.6 is 22.6 Å². The number of furan rings is 1. The van der Waals surface area contributed by atoms with Crippen LogP contribution in [0.25, 0.3) is 28.2 Å². The second kappa shape index (κ2) is 8.01. The molecule has 1 aliphatic rings. The number of hydrogen-bond acceptors (Lipinski definition) is 6. The second-order valence-corrected chi connectivity index (χ2v) is 8.39. The van der Waals surface area contributed by atoms with E-state index in [1.807, 2.05) is 30.3 Å². The number of pyridine rings is 1. The minimum Gasteiger partial charge on any atom is -0.446 e. The summed E-state index contributed by atoms with van der Waals surface area (Å²) in [6.07, 6.45) is 0. The first kappa shape index (κ1) is 19.5. The summed E-state index contributed by atoms with van der Waals surface area (Å²) in [5, 5.41) is 14.8. The molecule has 1 aromatic carbocycles. The summed E-state index contributed by atoms with van der Waals surface area (Å²) in [5.41, 5.74) is 6.17. The van der Waals surface area contributed by atoms with Crippen molar-refractivity contribution in [1.82, 2.24) is 14.8 Å². The SMILES string of the molecule is Cc1cccc(-c2cc(CO)n(-c3cc(N4CCOCC4)c4oc(I)cc4n3)n2)c1. The lowest BCUT2D eigenvalue weighted by Gasteiger charge is -2.29. The van der Waals surface area contributed by atoms with Gasteiger partial charge in [-0.05, 0) is 41.6 Å². The van der Waals surface area contributed by atoms with Gasteiger partial charge in [-0.2, -0.15) is 5.10 Å². The molecule has 1 saturated heterocycles. The van der Waals surface area contributed by atoms with Crippen LogP contribution in [0.4, 0.5) is 5.69 Å². The number of aromatic nitrogens is 3. The summed E-state index contributed by atoms with van der Waals surface area (Å²) in [7, 11) is 0. The molecule has 3 aromatic heterocycles. The van der Waals surface area contributed by atoms with Crippen molar-refractivity contribution in [2.45, 2.75) is 13.5 Å². The van der Waals surface area contributed by atoms with Gasteiger partial charge in [-0.1, -0.05) is 23.8 Å². The third-order valence-electron chi connectivity index (χ3n) is 5.24. The van der Waals surface area contributed by atoms with Gasteiger partial charge in [0.25, 0.3) is 0 Å². The molecular formula is C22H21IN4O3. The minimum atomic E-state index is -0.131. The fourth-order valence-corrected chi connectivity index (χ4v) is 4.30. The Balaban J connectivity index is 1.65. The molecule has 1 aliphatic heterocycles. The number of morpholine rings is 1. The molecule has 1 fully saturated rings. The van der Waals surface area contributed by atoms with Crippen molar-refractivity contribution >= 4 is 39.4 Å². The lowest BCUT2D eigenvalue weighted by Crippen LogP contribution is -2.36. The van der Waals surface area contributed by atoms with E-state index in [4.69, 9.17) is 19.2 Å². The van der Waals surface area contributed by atoms with E-state index in [-0.39, 0.29) is 6.61 Å². The Kier molecular flexibility index (Phi) is 5.21. The summed E-state index contributed by atoms with van der Waals surface area (Å²) in [4.78, 5) is 7.04. The Labute approximate surface area is 187 Å². The van der Waals surface area contributed by atoms with Crippen LogP contribution in [-0.4, -0.2) is 46.2 Å². The Morgan fingerprint density at radius 3 is 2.73 bits per heavy atom. The van der Waals surface area contributed by atoms with Gasteiger partial charge in [0.1, 0.15) is 5.52 Å². The Bertz CT molecular complexity index is 1210. The third-order valence-corrected chi connectivity index (χ3v) is 5.78. The molecular weight excluding hydrogens is 495 g/mol. The number of ether oxygens (including phenoxy) is 1. The molecule has 4 heterocycles. The van der Waals surface area contributed by atoms with E-state index in [0.29, 0.717) is 24.7 Å². The van der Waals surface area contributed by atoms with Crippen LogP contribution in [-0.2, 0) is 11.3 Å². The Morgan fingerprint density at radius 1 is 1.13 bits per heavy atom. The van der Waals surface area contributed by atoms with Crippen molar-refractivity contribution in [3.63, 3.8) is 0 Å². The molecule has 0 bridgehead atoms. The molecule has 30 heavy (non-hydrogen) atoms. The monoisotopic (exact) mass is 516 g/mol. The average molecular weight is 516 g/mol. The average Bonchev–Trinajstić information content (AvgIpc) is 3.36. The lowest BCUT2D eigenvalue weighted by molar-refractivity contribution is 0.122. The predicted molar refractivity (Wildman–Crippen MR) is 123 cm³/mol. The number of halogens is 1. The van der Waals surface area contributed by atoms with Gasteiger partial charge in [0.15, 0.2) is 15.2 Å². The van der Waals surface area contributed by atoms with E-state index < -0.39 is 0 Å². The number of aliphatic hydroxyl groups excluding tert-OH is 1. The predicted octanol–water partition coefficient (Wildman–Crippen LogP) is 3.92. The van der Waals surface area contributed by atoms with E-state index in [2.05, 4.69) is 46.5 Å². The smallest absolute Gasteiger partial charge is 0.177 e. The summed E-state index contributed by atoms with van der Waals surface area (Å²) < 4.78 is 14.0. The topological polar surface area (TPSA) is 76.5 Å². The number of aliphatic hydroxyl groups is 1. The first-order chi connectivity index (χ1) is 14.6. The fourth-order valence-electron chi connectivity index (χ4n) is 3.79. The maximum Gasteiger partial charge on any atom is 0.177 e. The summed E-state index contributed by atoms with van der Waals surface area (Å²) >= 11 is 2.16. The molecule has 0 atom stereocenters. The zero-order valence-electron chi connectivity index (χ0n) is 16.5. The quantitative estimate of drug-likeness (QED) is 0.415. The molecule has 0 unspecified atom stereocenters. The van der Waals surface area contributed by atoms with E-state index in [9.17, 15) is 5.11 Å². The normalized spacial score (nSPS) is 14.6. The zero-order valence-corrected chi connectivity index (χ0v) is 18.7. The van der Waals surface area contributed by atoms with E-state index in [1.54, 1.807) is 4.68 Å². The van der Waals surface area contributed by atoms with Crippen LogP contribution < -0.4 is 4.90 Å². The first-order valence-electron chi connectivity index (χ1n) is 9.82. The van der Waals surface area contributed by atoms with Crippen molar-refractivity contribution in [2.24, 2.45) is 0 Å². The maximum atomic E-state index is 9.99. The van der Waals surface area contributed by atoms with Crippen LogP contribution in [0.15, 0.2) is 46.9 Å². The van der Waals surface area contributed by atoms with Gasteiger partial charge in [0, 0.05) is 30.8 Å². The van der Waals surface area contributed by atoms with Crippen molar-refractivity contribution in [3.8, 4) is 17.1 Å². The van der Waals surface area contributed by atoms with Crippen molar-refractivity contribution in [3.05, 3.63) is 57.5 Å². The molecule has 4 aromatic rings. The molecule has 1 N–H and O–H groups in total. The van der Waals surface area contributed by atoms with Crippen molar-refractivity contribution in [1.29, 1.82) is 0 Å². The van der Waals surface area contributed by atoms with E-state index in [1.165, 1.54) is 0 Å². The highest BCUT2D eigenvalue weighted by Crippen LogP contribution is 2.32. The molecule has 0 saturated carbocycles. The standard InChI is InChI=1S/C22H21IN4O3/c1-14-3-2-4-15(9-14)17-10-16(13-28)27(25-17)21-12-19(26-5-7-29-8-6-26)22-18(24-21)11-20(23)30-22/h2-4,9-12,28H,5-8,13H2,1H3. The van der Waals surface area contributed by atoms with Gasteiger partial charge >= 0.3 is 0 Å². The molecule has 0 radical (unpaired) electrons. The number of aryl methyl sites for hydroxylation is 1. The molecule has 7 nitrogen and oxygen atoms in total. The van der Waals surface area contributed by atoms with Crippen LogP contribution in [0.3, 0.4) is 0 Å². The fraction of sp³-hybridized carbons (Fsp3) is 0.273. The van der Waals surface area contributed by atoms with Crippen molar-refractivity contribution < 1.29 is 14.3 Å². The Hall–Kier alpha value is -2.43. The van der Waals surface area contributed by atoms with Gasteiger partial charge < -0.3 is 19.2 Å². The number of benzene rings is 1. The summed E-state index contributed by atoms with van der Waals surface area (Å²) in [6.45, 7) is 4.86. The van der Waals surface area contributed by atoms with Crippen LogP contribution in [0.5, 0.6) is 0 Å². The van der Waals surface area contributed by atoms with Gasteiger partial charge in [-0.25, -0.2) is 9.67 Å². The van der Waals surface area contributed by atoms with Crippen LogP contribution in [0.1, 0.15) is 11.3 Å². The van der Waals surface area contributed by atoms with E-state index in [0.717, 1.165) is 50.5 Å². The van der Waals surface area contributed by atoms with E-state index >= 15 is 0 Å².